The van der Waals surface area contributed by atoms with E-state index < -0.39 is 0 Å². The third kappa shape index (κ3) is 4.50. The molecule has 0 unspecified atom stereocenters. The van der Waals surface area contributed by atoms with Crippen molar-refractivity contribution in [2.24, 2.45) is 0 Å². The van der Waals surface area contributed by atoms with E-state index in [1.165, 1.54) is 80.7 Å². The molecule has 0 radical (unpaired) electrons. The molecule has 0 atom stereocenters. The number of fused-ring (bicyclic) bond motifs is 13. The number of thiophene rings is 1. The predicted octanol–water partition coefficient (Wildman–Crippen LogP) is 14.9. The summed E-state index contributed by atoms with van der Waals surface area (Å²) in [6, 6.07) is 57.6. The zero-order valence-corrected chi connectivity index (χ0v) is 31.7. The lowest BCUT2D eigenvalue weighted by Crippen LogP contribution is -2.00. The third-order valence-electron chi connectivity index (χ3n) is 11.9. The zero-order valence-electron chi connectivity index (χ0n) is 30.9. The SMILES string of the molecule is C=Cc1c(C=C)n(-c2nccc3c2sc2ccc(-c4ccc5c6ccccc6c6ccccc6c5c4)cc23)c2ccc(-n3c4ccccc4c4ccccc43)cc12. The van der Waals surface area contributed by atoms with Gasteiger partial charge in [0, 0.05) is 49.1 Å². The maximum atomic E-state index is 5.09. The van der Waals surface area contributed by atoms with Gasteiger partial charge < -0.3 is 4.57 Å². The van der Waals surface area contributed by atoms with Crippen LogP contribution in [0.3, 0.4) is 0 Å². The van der Waals surface area contributed by atoms with Crippen molar-refractivity contribution < 1.29 is 0 Å². The van der Waals surface area contributed by atoms with Gasteiger partial charge in [-0.25, -0.2) is 4.98 Å². The van der Waals surface area contributed by atoms with Crippen LogP contribution in [0.1, 0.15) is 11.3 Å². The van der Waals surface area contributed by atoms with Crippen LogP contribution < -0.4 is 0 Å². The van der Waals surface area contributed by atoms with E-state index in [1.54, 1.807) is 11.3 Å². The molecule has 0 saturated carbocycles. The summed E-state index contributed by atoms with van der Waals surface area (Å²) in [4.78, 5) is 5.09. The van der Waals surface area contributed by atoms with Gasteiger partial charge in [-0.1, -0.05) is 122 Å². The molecule has 0 aliphatic rings. The van der Waals surface area contributed by atoms with Gasteiger partial charge in [-0.05, 0) is 104 Å². The monoisotopic (exact) mass is 743 g/mol. The maximum Gasteiger partial charge on any atom is 0.155 e. The molecule has 0 saturated heterocycles. The van der Waals surface area contributed by atoms with E-state index in [0.29, 0.717) is 0 Å². The Balaban J connectivity index is 1.04. The van der Waals surface area contributed by atoms with Crippen LogP contribution in [0.5, 0.6) is 0 Å². The minimum Gasteiger partial charge on any atom is -0.309 e. The molecule has 0 N–H and O–H groups in total. The lowest BCUT2D eigenvalue weighted by molar-refractivity contribution is 1.05. The first-order chi connectivity index (χ1) is 28.2. The van der Waals surface area contributed by atoms with Crippen LogP contribution in [0.25, 0.3) is 120 Å². The van der Waals surface area contributed by atoms with Crippen LogP contribution in [0, 0.1) is 0 Å². The number of hydrogen-bond donors (Lipinski definition) is 0. The van der Waals surface area contributed by atoms with Crippen molar-refractivity contribution in [2.45, 2.75) is 0 Å². The standard InChI is InChI=1S/C53H33N3S/c1-3-35-45-31-34(55-48-19-11-9-17-41(48)42-18-10-12-20-49(42)55)23-25-50(45)56(47(35)4-2)53-52-43(27-28-54-53)46-30-33(22-26-51(46)57-52)32-21-24-40-38-15-6-5-13-36(38)37-14-7-8-16-39(37)44(40)29-32/h3-31H,1-2H2. The maximum absolute atomic E-state index is 5.09. The number of benzene rings is 8. The summed E-state index contributed by atoms with van der Waals surface area (Å²) in [5, 5.41) is 13.7. The Morgan fingerprint density at radius 1 is 0.439 bits per heavy atom. The molecule has 12 rings (SSSR count). The van der Waals surface area contributed by atoms with E-state index in [9.17, 15) is 0 Å². The van der Waals surface area contributed by atoms with Gasteiger partial charge in [0.05, 0.1) is 26.9 Å². The van der Waals surface area contributed by atoms with E-state index in [4.69, 9.17) is 4.98 Å². The van der Waals surface area contributed by atoms with Crippen LogP contribution in [0.2, 0.25) is 0 Å². The largest absolute Gasteiger partial charge is 0.309 e. The van der Waals surface area contributed by atoms with E-state index in [1.807, 2.05) is 18.3 Å². The van der Waals surface area contributed by atoms with Gasteiger partial charge in [0.15, 0.2) is 5.82 Å². The third-order valence-corrected chi connectivity index (χ3v) is 13.1. The lowest BCUT2D eigenvalue weighted by Gasteiger charge is -2.12. The summed E-state index contributed by atoms with van der Waals surface area (Å²) >= 11 is 1.79. The number of rotatable bonds is 5. The average Bonchev–Trinajstić information content (AvgIpc) is 3.93. The minimum atomic E-state index is 0.900. The van der Waals surface area contributed by atoms with Crippen LogP contribution >= 0.6 is 11.3 Å². The molecule has 0 aliphatic carbocycles. The molecular weight excluding hydrogens is 711 g/mol. The van der Waals surface area contributed by atoms with Crippen LogP contribution in [-0.4, -0.2) is 14.1 Å². The molecule has 3 nitrogen and oxygen atoms in total. The number of hydrogen-bond acceptors (Lipinski definition) is 2. The van der Waals surface area contributed by atoms with Crippen molar-refractivity contribution in [1.29, 1.82) is 0 Å². The average molecular weight is 744 g/mol. The summed E-state index contributed by atoms with van der Waals surface area (Å²) in [5.74, 6) is 0.900. The Labute approximate surface area is 332 Å². The van der Waals surface area contributed by atoms with E-state index in [0.717, 1.165) is 38.4 Å². The normalized spacial score (nSPS) is 12.0. The van der Waals surface area contributed by atoms with Crippen LogP contribution in [0.4, 0.5) is 0 Å². The first-order valence-electron chi connectivity index (χ1n) is 19.3. The molecule has 12 aromatic rings. The summed E-state index contributed by atoms with van der Waals surface area (Å²) in [6.45, 7) is 8.59. The predicted molar refractivity (Wildman–Crippen MR) is 246 cm³/mol. The minimum absolute atomic E-state index is 0.900. The topological polar surface area (TPSA) is 22.8 Å². The summed E-state index contributed by atoms with van der Waals surface area (Å²) in [6.07, 6.45) is 5.84. The number of nitrogens with zero attached hydrogens (tertiary/aromatic N) is 3. The Kier molecular flexibility index (Phi) is 6.80. The fourth-order valence-corrected chi connectivity index (χ4v) is 10.6. The zero-order chi connectivity index (χ0) is 37.8. The highest BCUT2D eigenvalue weighted by Gasteiger charge is 2.21. The molecule has 266 valence electrons. The highest BCUT2D eigenvalue weighted by molar-refractivity contribution is 7.26. The molecule has 4 heteroatoms. The molecule has 0 fully saturated rings. The van der Waals surface area contributed by atoms with Crippen molar-refractivity contribution in [1.82, 2.24) is 14.1 Å². The van der Waals surface area contributed by atoms with Crippen molar-refractivity contribution in [3.8, 4) is 22.6 Å². The van der Waals surface area contributed by atoms with Crippen molar-refractivity contribution in [2.75, 3.05) is 0 Å². The molecule has 0 spiro atoms. The smallest absolute Gasteiger partial charge is 0.155 e. The second-order valence-corrected chi connectivity index (χ2v) is 15.8. The van der Waals surface area contributed by atoms with Crippen LogP contribution in [0.15, 0.2) is 177 Å². The van der Waals surface area contributed by atoms with Crippen molar-refractivity contribution >= 4 is 109 Å². The summed E-state index contributed by atoms with van der Waals surface area (Å²) in [7, 11) is 0. The fraction of sp³-hybridized carbons (Fsp3) is 0. The number of para-hydroxylation sites is 2. The fourth-order valence-electron chi connectivity index (χ4n) is 9.42. The van der Waals surface area contributed by atoms with Gasteiger partial charge >= 0.3 is 0 Å². The first-order valence-corrected chi connectivity index (χ1v) is 20.1. The highest BCUT2D eigenvalue weighted by atomic mass is 32.1. The van der Waals surface area contributed by atoms with E-state index in [-0.39, 0.29) is 0 Å². The second kappa shape index (κ2) is 12.1. The van der Waals surface area contributed by atoms with Crippen LogP contribution in [-0.2, 0) is 0 Å². The first kappa shape index (κ1) is 32.0. The molecule has 0 aliphatic heterocycles. The van der Waals surface area contributed by atoms with Gasteiger partial charge in [-0.15, -0.1) is 11.3 Å². The Morgan fingerprint density at radius 2 is 1.00 bits per heavy atom. The van der Waals surface area contributed by atoms with E-state index in [2.05, 4.69) is 180 Å². The molecule has 8 aromatic carbocycles. The van der Waals surface area contributed by atoms with Gasteiger partial charge in [0.25, 0.3) is 0 Å². The molecule has 4 heterocycles. The molecule has 57 heavy (non-hydrogen) atoms. The van der Waals surface area contributed by atoms with Crippen molar-refractivity contribution in [3.05, 3.63) is 188 Å². The molecule has 0 amide bonds. The van der Waals surface area contributed by atoms with Gasteiger partial charge in [-0.3, -0.25) is 4.57 Å². The van der Waals surface area contributed by atoms with Gasteiger partial charge in [-0.2, -0.15) is 0 Å². The molecular formula is C53H33N3S. The molecule has 4 aromatic heterocycles. The van der Waals surface area contributed by atoms with Gasteiger partial charge in [0.2, 0.25) is 0 Å². The highest BCUT2D eigenvalue weighted by Crippen LogP contribution is 2.43. The Bertz CT molecular complexity index is 3600. The second-order valence-electron chi connectivity index (χ2n) is 14.8. The Hall–Kier alpha value is -7.27. The molecule has 0 bridgehead atoms. The van der Waals surface area contributed by atoms with Gasteiger partial charge in [0.1, 0.15) is 0 Å². The Morgan fingerprint density at radius 3 is 1.65 bits per heavy atom. The quantitative estimate of drug-likeness (QED) is 0.161. The number of aromatic nitrogens is 3. The summed E-state index contributed by atoms with van der Waals surface area (Å²) < 4.78 is 7.01. The lowest BCUT2D eigenvalue weighted by atomic mass is 9.92. The van der Waals surface area contributed by atoms with Crippen molar-refractivity contribution in [3.63, 3.8) is 0 Å². The summed E-state index contributed by atoms with van der Waals surface area (Å²) in [5.41, 5.74) is 8.97. The van der Waals surface area contributed by atoms with E-state index >= 15 is 0 Å². The number of pyridine rings is 1.